The molecule has 1 aliphatic carbocycles. The van der Waals surface area contributed by atoms with E-state index in [1.165, 1.54) is 0 Å². The van der Waals surface area contributed by atoms with Crippen LogP contribution in [0.3, 0.4) is 0 Å². The van der Waals surface area contributed by atoms with Gasteiger partial charge in [-0.15, -0.1) is 0 Å². The fraction of sp³-hybridized carbons (Fsp3) is 0.405. The van der Waals surface area contributed by atoms with Gasteiger partial charge in [0.05, 0.1) is 35.4 Å². The van der Waals surface area contributed by atoms with Gasteiger partial charge in [0, 0.05) is 51.3 Å². The van der Waals surface area contributed by atoms with Crippen LogP contribution in [-0.2, 0) is 40.4 Å². The van der Waals surface area contributed by atoms with Crippen molar-refractivity contribution in [1.29, 1.82) is 5.26 Å². The SMILES string of the molecule is Cc1cc(OC2CCC(N(C)C(=O)c3ccc4c(c3)CCN(CC(=O)N3Cc5cc6c(cc5C3)C(=O)N(C3CCC(=O)N(N)C3=O)C6=O)C4)CC2)ccc1C#N. The van der Waals surface area contributed by atoms with E-state index in [4.69, 9.17) is 10.6 Å². The van der Waals surface area contributed by atoms with Crippen molar-refractivity contribution in [3.8, 4) is 11.8 Å². The Morgan fingerprint density at radius 3 is 2.21 bits per heavy atom. The lowest BCUT2D eigenvalue weighted by molar-refractivity contribution is -0.152. The normalized spacial score (nSPS) is 22.1. The van der Waals surface area contributed by atoms with Gasteiger partial charge in [-0.25, -0.2) is 10.9 Å². The Labute approximate surface area is 324 Å². The molecule has 8 rings (SSSR count). The molecule has 0 radical (unpaired) electrons. The van der Waals surface area contributed by atoms with Crippen LogP contribution in [0.25, 0.3) is 0 Å². The quantitative estimate of drug-likeness (QED) is 0.214. The van der Waals surface area contributed by atoms with Crippen molar-refractivity contribution < 1.29 is 33.5 Å². The Hall–Kier alpha value is -5.91. The number of imide groups is 2. The molecule has 4 aliphatic heterocycles. The number of aryl methyl sites for hydroxylation is 1. The van der Waals surface area contributed by atoms with Crippen molar-refractivity contribution in [1.82, 2.24) is 24.6 Å². The number of nitrogens with two attached hydrogens (primary N) is 1. The fourth-order valence-corrected chi connectivity index (χ4v) is 8.76. The Morgan fingerprint density at radius 1 is 0.857 bits per heavy atom. The highest BCUT2D eigenvalue weighted by molar-refractivity contribution is 6.23. The van der Waals surface area contributed by atoms with Crippen LogP contribution in [0.1, 0.15) is 103 Å². The largest absolute Gasteiger partial charge is 0.490 e. The van der Waals surface area contributed by atoms with E-state index in [2.05, 4.69) is 11.0 Å². The van der Waals surface area contributed by atoms with Gasteiger partial charge in [0.25, 0.3) is 23.6 Å². The zero-order valence-corrected chi connectivity index (χ0v) is 31.5. The maximum atomic E-state index is 13.6. The maximum absolute atomic E-state index is 13.6. The molecular weight excluding hydrogens is 715 g/mol. The molecular formula is C42H43N7O7. The van der Waals surface area contributed by atoms with Gasteiger partial charge < -0.3 is 14.5 Å². The number of fused-ring (bicyclic) bond motifs is 3. The number of ether oxygens (including phenoxy) is 1. The zero-order valence-electron chi connectivity index (χ0n) is 31.5. The molecule has 56 heavy (non-hydrogen) atoms. The monoisotopic (exact) mass is 757 g/mol. The second kappa shape index (κ2) is 14.6. The Morgan fingerprint density at radius 2 is 1.55 bits per heavy atom. The van der Waals surface area contributed by atoms with Crippen LogP contribution in [-0.4, -0.2) is 98.4 Å². The fourth-order valence-electron chi connectivity index (χ4n) is 8.76. The van der Waals surface area contributed by atoms with Gasteiger partial charge in [0.2, 0.25) is 11.8 Å². The molecule has 288 valence electrons. The second-order valence-electron chi connectivity index (χ2n) is 15.6. The smallest absolute Gasteiger partial charge is 0.266 e. The number of piperidine rings is 1. The van der Waals surface area contributed by atoms with Crippen LogP contribution >= 0.6 is 0 Å². The minimum absolute atomic E-state index is 0.00524. The standard InChI is InChI=1S/C42H43N7O7/c1-24-15-33(8-5-27(24)19-43)56-32-9-6-31(7-10-32)45(2)39(52)26-3-4-28-20-46(14-13-25(28)16-26)23-38(51)47-21-29-17-34-35(18-30(29)22-47)41(54)48(40(34)53)36-11-12-37(50)49(44)42(36)55/h3-5,8,15-18,31-32,36H,6-7,9-14,20-23,44H2,1-2H3. The third-order valence-electron chi connectivity index (χ3n) is 12.1. The summed E-state index contributed by atoms with van der Waals surface area (Å²) in [4.78, 5) is 85.0. The molecule has 14 heteroatoms. The first-order valence-corrected chi connectivity index (χ1v) is 19.1. The number of hydrazine groups is 1. The number of carbonyl (C=O) groups is 6. The summed E-state index contributed by atoms with van der Waals surface area (Å²) in [5.74, 6) is 3.74. The van der Waals surface area contributed by atoms with Crippen molar-refractivity contribution in [2.75, 3.05) is 20.1 Å². The Bertz CT molecular complexity index is 2190. The van der Waals surface area contributed by atoms with Crippen LogP contribution in [0.15, 0.2) is 48.5 Å². The Kier molecular flexibility index (Phi) is 9.68. The lowest BCUT2D eigenvalue weighted by Crippen LogP contribution is -2.58. The summed E-state index contributed by atoms with van der Waals surface area (Å²) in [5.41, 5.74) is 6.30. The first kappa shape index (κ1) is 37.0. The van der Waals surface area contributed by atoms with Gasteiger partial charge in [-0.3, -0.25) is 38.6 Å². The number of hydrogen-bond donors (Lipinski definition) is 1. The third-order valence-corrected chi connectivity index (χ3v) is 12.1. The molecule has 2 N–H and O–H groups in total. The van der Waals surface area contributed by atoms with Gasteiger partial charge in [-0.1, -0.05) is 6.07 Å². The molecule has 3 aromatic carbocycles. The number of amides is 6. The van der Waals surface area contributed by atoms with Crippen LogP contribution in [0, 0.1) is 18.3 Å². The number of rotatable bonds is 7. The number of nitrogens with zero attached hydrogens (tertiary/aromatic N) is 6. The van der Waals surface area contributed by atoms with Crippen molar-refractivity contribution >= 4 is 35.4 Å². The highest BCUT2D eigenvalue weighted by Gasteiger charge is 2.47. The van der Waals surface area contributed by atoms with Crippen LogP contribution in [0.2, 0.25) is 0 Å². The molecule has 14 nitrogen and oxygen atoms in total. The van der Waals surface area contributed by atoms with Gasteiger partial charge in [0.15, 0.2) is 0 Å². The van der Waals surface area contributed by atoms with E-state index in [1.54, 1.807) is 23.1 Å². The van der Waals surface area contributed by atoms with Crippen LogP contribution in [0.5, 0.6) is 5.75 Å². The summed E-state index contributed by atoms with van der Waals surface area (Å²) in [6.45, 7) is 3.94. The molecule has 1 unspecified atom stereocenters. The van der Waals surface area contributed by atoms with Crippen molar-refractivity contribution in [2.45, 2.75) is 89.7 Å². The van der Waals surface area contributed by atoms with E-state index in [0.29, 0.717) is 48.7 Å². The van der Waals surface area contributed by atoms with Crippen molar-refractivity contribution in [3.05, 3.63) is 98.6 Å². The second-order valence-corrected chi connectivity index (χ2v) is 15.6. The summed E-state index contributed by atoms with van der Waals surface area (Å²) in [5, 5.41) is 9.68. The summed E-state index contributed by atoms with van der Waals surface area (Å²) >= 11 is 0. The average Bonchev–Trinajstić information content (AvgIpc) is 3.73. The highest BCUT2D eigenvalue weighted by atomic mass is 16.5. The van der Waals surface area contributed by atoms with E-state index < -0.39 is 29.7 Å². The number of hydrogen-bond acceptors (Lipinski definition) is 10. The zero-order chi connectivity index (χ0) is 39.4. The molecule has 4 heterocycles. The molecule has 0 aromatic heterocycles. The molecule has 2 fully saturated rings. The van der Waals surface area contributed by atoms with Gasteiger partial charge in [-0.2, -0.15) is 5.26 Å². The minimum Gasteiger partial charge on any atom is -0.490 e. The molecule has 1 atom stereocenters. The predicted octanol–water partition coefficient (Wildman–Crippen LogP) is 3.22. The average molecular weight is 758 g/mol. The molecule has 6 amide bonds. The third kappa shape index (κ3) is 6.71. The highest BCUT2D eigenvalue weighted by Crippen LogP contribution is 2.34. The molecule has 0 spiro atoms. The van der Waals surface area contributed by atoms with Crippen LogP contribution in [0.4, 0.5) is 0 Å². The van der Waals surface area contributed by atoms with E-state index in [-0.39, 0.29) is 54.5 Å². The van der Waals surface area contributed by atoms with E-state index >= 15 is 0 Å². The first-order chi connectivity index (χ1) is 26.9. The van der Waals surface area contributed by atoms with Crippen LogP contribution < -0.4 is 10.6 Å². The van der Waals surface area contributed by atoms with Gasteiger partial charge in [0.1, 0.15) is 11.8 Å². The summed E-state index contributed by atoms with van der Waals surface area (Å²) in [6.07, 6.45) is 4.12. The summed E-state index contributed by atoms with van der Waals surface area (Å²) in [7, 11) is 1.87. The molecule has 1 saturated heterocycles. The van der Waals surface area contributed by atoms with Crippen molar-refractivity contribution in [3.63, 3.8) is 0 Å². The molecule has 1 saturated carbocycles. The first-order valence-electron chi connectivity index (χ1n) is 19.1. The van der Waals surface area contributed by atoms with Gasteiger partial charge >= 0.3 is 0 Å². The lowest BCUT2D eigenvalue weighted by Gasteiger charge is -2.35. The predicted molar refractivity (Wildman–Crippen MR) is 200 cm³/mol. The molecule has 3 aromatic rings. The van der Waals surface area contributed by atoms with Gasteiger partial charge in [-0.05, 0) is 116 Å². The topological polar surface area (TPSA) is 178 Å². The van der Waals surface area contributed by atoms with Crippen molar-refractivity contribution in [2.24, 2.45) is 5.84 Å². The number of benzene rings is 3. The molecule has 5 aliphatic rings. The summed E-state index contributed by atoms with van der Waals surface area (Å²) < 4.78 is 6.21. The molecule has 0 bridgehead atoms. The Balaban J connectivity index is 0.834. The maximum Gasteiger partial charge on any atom is 0.266 e. The van der Waals surface area contributed by atoms with E-state index in [1.807, 2.05) is 49.2 Å². The van der Waals surface area contributed by atoms with E-state index in [9.17, 15) is 34.0 Å². The van der Waals surface area contributed by atoms with E-state index in [0.717, 1.165) is 64.1 Å². The number of carbonyl (C=O) groups excluding carboxylic acids is 6. The summed E-state index contributed by atoms with van der Waals surface area (Å²) in [6, 6.07) is 15.8. The minimum atomic E-state index is -1.13. The number of nitriles is 1. The lowest BCUT2D eigenvalue weighted by atomic mass is 9.91.